The summed E-state index contributed by atoms with van der Waals surface area (Å²) in [4.78, 5) is 14.4. The van der Waals surface area contributed by atoms with Gasteiger partial charge in [-0.1, -0.05) is 15.9 Å². The summed E-state index contributed by atoms with van der Waals surface area (Å²) in [5.41, 5.74) is -0.0828. The van der Waals surface area contributed by atoms with Crippen LogP contribution in [0.2, 0.25) is 0 Å². The van der Waals surface area contributed by atoms with Gasteiger partial charge in [0.05, 0.1) is 5.69 Å². The predicted molar refractivity (Wildman–Crippen MR) is 52.0 cm³/mol. The quantitative estimate of drug-likeness (QED) is 0.630. The number of carbonyl (C=O) groups excluding carboxylic acids is 1. The predicted octanol–water partition coefficient (Wildman–Crippen LogP) is 3.29. The smallest absolute Gasteiger partial charge is 0.270 e. The average Bonchev–Trinajstić information content (AvgIpc) is 2.16. The number of hydrogen-bond donors (Lipinski definition) is 0. The molecule has 1 heterocycles. The lowest BCUT2D eigenvalue weighted by Gasteiger charge is -2.05. The Morgan fingerprint density at radius 1 is 1.57 bits per heavy atom. The molecule has 0 atom stereocenters. The molecule has 0 unspecified atom stereocenters. The van der Waals surface area contributed by atoms with Crippen molar-refractivity contribution in [1.29, 1.82) is 0 Å². The van der Waals surface area contributed by atoms with Gasteiger partial charge in [-0.2, -0.15) is 0 Å². The Bertz CT molecular complexity index is 359. The molecule has 0 aliphatic carbocycles. The number of alkyl halides is 3. The van der Waals surface area contributed by atoms with E-state index in [1.54, 1.807) is 0 Å². The molecule has 0 aliphatic heterocycles. The van der Waals surface area contributed by atoms with Crippen molar-refractivity contribution >= 4 is 32.8 Å². The maximum absolute atomic E-state index is 12.4. The number of halogens is 4. The van der Waals surface area contributed by atoms with E-state index in [9.17, 15) is 13.6 Å². The molecule has 1 rings (SSSR count). The molecule has 0 aromatic carbocycles. The number of rotatable bonds is 3. The molecule has 14 heavy (non-hydrogen) atoms. The first kappa shape index (κ1) is 11.5. The van der Waals surface area contributed by atoms with Crippen molar-refractivity contribution in [2.24, 2.45) is 0 Å². The van der Waals surface area contributed by atoms with E-state index in [1.165, 1.54) is 6.07 Å². The zero-order valence-electron chi connectivity index (χ0n) is 6.81. The number of pyridine rings is 1. The Morgan fingerprint density at radius 2 is 2.21 bits per heavy atom. The van der Waals surface area contributed by atoms with Gasteiger partial charge < -0.3 is 0 Å². The van der Waals surface area contributed by atoms with E-state index in [4.69, 9.17) is 11.6 Å². The Kier molecular flexibility index (Phi) is 3.95. The molecule has 6 heteroatoms. The monoisotopic (exact) mass is 283 g/mol. The van der Waals surface area contributed by atoms with Crippen molar-refractivity contribution in [3.8, 4) is 0 Å². The molecule has 1 aromatic rings. The average molecular weight is 284 g/mol. The minimum atomic E-state index is -2.60. The van der Waals surface area contributed by atoms with Gasteiger partial charge in [-0.3, -0.25) is 4.79 Å². The summed E-state index contributed by atoms with van der Waals surface area (Å²) < 4.78 is 24.7. The molecule has 0 radical (unpaired) electrons. The van der Waals surface area contributed by atoms with Crippen LogP contribution >= 0.6 is 27.5 Å². The summed E-state index contributed by atoms with van der Waals surface area (Å²) in [5, 5.41) is -0.599. The van der Waals surface area contributed by atoms with E-state index in [2.05, 4.69) is 20.9 Å². The van der Waals surface area contributed by atoms with Gasteiger partial charge in [0.15, 0.2) is 0 Å². The fraction of sp³-hybridized carbons (Fsp3) is 0.250. The summed E-state index contributed by atoms with van der Waals surface area (Å²) in [6.07, 6.45) is -2.60. The lowest BCUT2D eigenvalue weighted by molar-refractivity contribution is 0.107. The summed E-state index contributed by atoms with van der Waals surface area (Å²) in [6, 6.07) is 2.34. The summed E-state index contributed by atoms with van der Waals surface area (Å²) >= 11 is 8.17. The van der Waals surface area contributed by atoms with Gasteiger partial charge >= 0.3 is 0 Å². The van der Waals surface area contributed by atoms with E-state index in [-0.39, 0.29) is 22.3 Å². The number of aromatic nitrogens is 1. The Balaban J connectivity index is 3.18. The zero-order valence-corrected chi connectivity index (χ0v) is 9.15. The molecule has 0 spiro atoms. The topological polar surface area (TPSA) is 30.0 Å². The summed E-state index contributed by atoms with van der Waals surface area (Å²) in [6.45, 7) is 0. The molecule has 0 N–H and O–H groups in total. The van der Waals surface area contributed by atoms with Crippen molar-refractivity contribution in [1.82, 2.24) is 4.98 Å². The van der Waals surface area contributed by atoms with Crippen LogP contribution in [-0.2, 0) is 5.33 Å². The highest BCUT2D eigenvalue weighted by atomic mass is 79.9. The van der Waals surface area contributed by atoms with E-state index < -0.39 is 11.7 Å². The third kappa shape index (κ3) is 2.48. The maximum atomic E-state index is 12.4. The van der Waals surface area contributed by atoms with Crippen molar-refractivity contribution in [3.63, 3.8) is 0 Å². The van der Waals surface area contributed by atoms with Crippen molar-refractivity contribution in [3.05, 3.63) is 29.1 Å². The molecule has 1 aromatic heterocycles. The number of nitrogens with zero attached hydrogens (tertiary/aromatic N) is 1. The van der Waals surface area contributed by atoms with Crippen LogP contribution in [0.5, 0.6) is 0 Å². The van der Waals surface area contributed by atoms with Gasteiger partial charge in [0.1, 0.15) is 5.69 Å². The molecular weight excluding hydrogens is 279 g/mol. The van der Waals surface area contributed by atoms with Crippen LogP contribution in [0.15, 0.2) is 12.1 Å². The molecule has 0 fully saturated rings. The van der Waals surface area contributed by atoms with Crippen LogP contribution < -0.4 is 0 Å². The van der Waals surface area contributed by atoms with E-state index in [1.807, 2.05) is 0 Å². The molecule has 0 bridgehead atoms. The minimum absolute atomic E-state index is 0.0227. The highest BCUT2D eigenvalue weighted by Crippen LogP contribution is 2.23. The van der Waals surface area contributed by atoms with Crippen LogP contribution in [0.4, 0.5) is 8.78 Å². The molecule has 76 valence electrons. The van der Waals surface area contributed by atoms with Crippen LogP contribution in [0, 0.1) is 0 Å². The third-order valence-corrected chi connectivity index (χ3v) is 2.30. The molecule has 0 aliphatic rings. The van der Waals surface area contributed by atoms with Crippen LogP contribution in [-0.4, -0.2) is 10.2 Å². The van der Waals surface area contributed by atoms with E-state index >= 15 is 0 Å². The highest BCUT2D eigenvalue weighted by Gasteiger charge is 2.15. The normalized spacial score (nSPS) is 10.6. The number of carbonyl (C=O) groups is 1. The first-order valence-electron chi connectivity index (χ1n) is 3.60. The SMILES string of the molecule is O=C(Cl)c1ccc(C(F)F)c(CBr)n1. The third-order valence-electron chi connectivity index (χ3n) is 1.57. The fourth-order valence-electron chi connectivity index (χ4n) is 0.927. The second-order valence-electron chi connectivity index (χ2n) is 2.44. The Morgan fingerprint density at radius 3 is 2.64 bits per heavy atom. The lowest BCUT2D eigenvalue weighted by Crippen LogP contribution is -2.02. The molecule has 0 saturated heterocycles. The summed E-state index contributed by atoms with van der Waals surface area (Å²) in [7, 11) is 0. The second-order valence-corrected chi connectivity index (χ2v) is 3.34. The largest absolute Gasteiger partial charge is 0.274 e. The van der Waals surface area contributed by atoms with Gasteiger partial charge in [0.25, 0.3) is 11.7 Å². The maximum Gasteiger partial charge on any atom is 0.270 e. The van der Waals surface area contributed by atoms with Gasteiger partial charge in [-0.05, 0) is 23.7 Å². The zero-order chi connectivity index (χ0) is 10.7. The van der Waals surface area contributed by atoms with E-state index in [0.29, 0.717) is 0 Å². The fourth-order valence-corrected chi connectivity index (χ4v) is 1.48. The van der Waals surface area contributed by atoms with Gasteiger partial charge in [-0.25, -0.2) is 13.8 Å². The van der Waals surface area contributed by atoms with Crippen molar-refractivity contribution < 1.29 is 13.6 Å². The van der Waals surface area contributed by atoms with Crippen LogP contribution in [0.25, 0.3) is 0 Å². The van der Waals surface area contributed by atoms with Crippen molar-refractivity contribution in [2.45, 2.75) is 11.8 Å². The standard InChI is InChI=1S/C8H5BrClF2NO/c9-3-6-4(8(11)12)1-2-5(13-6)7(10)14/h1-2,8H,3H2. The molecule has 0 saturated carbocycles. The summed E-state index contributed by atoms with van der Waals surface area (Å²) in [5.74, 6) is 0. The highest BCUT2D eigenvalue weighted by molar-refractivity contribution is 9.08. The lowest BCUT2D eigenvalue weighted by atomic mass is 10.2. The molecule has 0 amide bonds. The van der Waals surface area contributed by atoms with Crippen LogP contribution in [0.1, 0.15) is 28.2 Å². The van der Waals surface area contributed by atoms with Gasteiger partial charge in [-0.15, -0.1) is 0 Å². The minimum Gasteiger partial charge on any atom is -0.274 e. The molecular formula is C8H5BrClF2NO. The Hall–Kier alpha value is -0.550. The van der Waals surface area contributed by atoms with Gasteiger partial charge in [0.2, 0.25) is 0 Å². The van der Waals surface area contributed by atoms with Gasteiger partial charge in [0, 0.05) is 10.9 Å². The second kappa shape index (κ2) is 4.79. The molecule has 2 nitrogen and oxygen atoms in total. The van der Waals surface area contributed by atoms with Crippen molar-refractivity contribution in [2.75, 3.05) is 0 Å². The first-order valence-corrected chi connectivity index (χ1v) is 5.10. The van der Waals surface area contributed by atoms with Crippen LogP contribution in [0.3, 0.4) is 0 Å². The Labute approximate surface area is 92.4 Å². The van der Waals surface area contributed by atoms with E-state index in [0.717, 1.165) is 6.07 Å². The first-order chi connectivity index (χ1) is 6.56. The number of hydrogen-bond acceptors (Lipinski definition) is 2.